The van der Waals surface area contributed by atoms with Gasteiger partial charge in [0.15, 0.2) is 0 Å². The van der Waals surface area contributed by atoms with Gasteiger partial charge in [-0.2, -0.15) is 0 Å². The number of hydrogen-bond donors (Lipinski definition) is 0. The summed E-state index contributed by atoms with van der Waals surface area (Å²) in [6.07, 6.45) is 4.07. The number of nitrogens with zero attached hydrogens (tertiary/aromatic N) is 5. The summed E-state index contributed by atoms with van der Waals surface area (Å²) in [6.45, 7) is 10.9. The fourth-order valence-electron chi connectivity index (χ4n) is 10.5. The first-order chi connectivity index (χ1) is 32.2. The molecule has 0 radical (unpaired) electrons. The van der Waals surface area contributed by atoms with Gasteiger partial charge in [-0.15, -0.1) is 0 Å². The molecule has 0 atom stereocenters. The van der Waals surface area contributed by atoms with Crippen LogP contribution in [0.1, 0.15) is 37.5 Å². The zero-order valence-corrected chi connectivity index (χ0v) is 37.9. The van der Waals surface area contributed by atoms with Crippen molar-refractivity contribution in [2.75, 3.05) is 4.81 Å². The minimum absolute atomic E-state index is 0.222. The van der Waals surface area contributed by atoms with E-state index < -0.39 is 6.98 Å². The zero-order chi connectivity index (χ0) is 44.7. The Morgan fingerprint density at radius 1 is 0.530 bits per heavy atom. The molecule has 0 spiro atoms. The minimum atomic E-state index is -0.494. The van der Waals surface area contributed by atoms with E-state index in [0.717, 1.165) is 72.9 Å². The maximum Gasteiger partial charge on any atom is 0.526 e. The van der Waals surface area contributed by atoms with Crippen LogP contribution in [0.15, 0.2) is 200 Å². The number of benzene rings is 8. The van der Waals surface area contributed by atoms with Gasteiger partial charge in [-0.25, -0.2) is 4.98 Å². The van der Waals surface area contributed by atoms with Crippen molar-refractivity contribution in [1.29, 1.82) is 0 Å². The average molecular weight is 850 g/mol. The lowest BCUT2D eigenvalue weighted by Crippen LogP contribution is -2.68. The van der Waals surface area contributed by atoms with Gasteiger partial charge in [-0.05, 0) is 93.6 Å². The van der Waals surface area contributed by atoms with Crippen molar-refractivity contribution >= 4 is 56.8 Å². The van der Waals surface area contributed by atoms with E-state index in [1.54, 1.807) is 0 Å². The molecule has 8 aromatic carbocycles. The summed E-state index contributed by atoms with van der Waals surface area (Å²) in [5, 5.41) is 2.41. The number of rotatable bonds is 6. The second-order valence-electron chi connectivity index (χ2n) is 18.7. The standard InChI is InChI=1S/C60H48BN5/c1-40-21-18-22-41(2)58(40)66(56-38-43(60(3,4)5)37-55(62-56)65-52-34-16-14-29-48(52)49-30-15-17-35-53(49)65)61-57-45(42-23-8-6-9-24-42)31-19-32-50(57)46-27-12-13-28-47(46)51-33-20-36-54-59(51)64(61)39-63(54)44-25-10-7-11-26-44/h6-38H,1-5H3. The second-order valence-corrected chi connectivity index (χ2v) is 18.7. The molecule has 316 valence electrons. The zero-order valence-electron chi connectivity index (χ0n) is 37.9. The summed E-state index contributed by atoms with van der Waals surface area (Å²) >= 11 is 0. The van der Waals surface area contributed by atoms with E-state index >= 15 is 0 Å². The highest BCUT2D eigenvalue weighted by Crippen LogP contribution is 2.42. The number of hydrogen-bond acceptors (Lipinski definition) is 2. The minimum Gasteiger partial charge on any atom is -0.354 e. The van der Waals surface area contributed by atoms with Gasteiger partial charge in [0.1, 0.15) is 11.6 Å². The van der Waals surface area contributed by atoms with Crippen LogP contribution in [0.4, 0.5) is 11.5 Å². The molecule has 4 heterocycles. The normalized spacial score (nSPS) is 12.3. The van der Waals surface area contributed by atoms with Crippen LogP contribution in [-0.2, 0) is 5.41 Å². The van der Waals surface area contributed by atoms with Crippen LogP contribution in [0, 0.1) is 20.2 Å². The molecule has 0 fully saturated rings. The molecular weight excluding hydrogens is 802 g/mol. The lowest BCUT2D eigenvalue weighted by molar-refractivity contribution is -0.511. The van der Waals surface area contributed by atoms with Crippen molar-refractivity contribution in [1.82, 2.24) is 14.1 Å². The summed E-state index contributed by atoms with van der Waals surface area (Å²) in [6, 6.07) is 72.8. The van der Waals surface area contributed by atoms with Crippen molar-refractivity contribution < 1.29 is 4.48 Å². The Labute approximate surface area is 386 Å². The molecule has 0 aliphatic carbocycles. The number of fused-ring (bicyclic) bond motifs is 7. The maximum absolute atomic E-state index is 5.94. The highest BCUT2D eigenvalue weighted by atomic mass is 15.3. The molecular formula is C60H48BN5. The molecule has 0 N–H and O–H groups in total. The van der Waals surface area contributed by atoms with Crippen molar-refractivity contribution in [2.24, 2.45) is 0 Å². The summed E-state index contributed by atoms with van der Waals surface area (Å²) in [5.41, 5.74) is 18.0. The average Bonchev–Trinajstić information content (AvgIpc) is 3.90. The van der Waals surface area contributed by atoms with E-state index in [1.807, 2.05) is 0 Å². The number of aryl methyl sites for hydroxylation is 2. The highest BCUT2D eigenvalue weighted by molar-refractivity contribution is 6.74. The molecule has 0 amide bonds. The molecule has 1 aliphatic rings. The molecule has 0 saturated heterocycles. The summed E-state index contributed by atoms with van der Waals surface area (Å²) in [4.78, 5) is 8.48. The maximum atomic E-state index is 5.94. The number of aromatic nitrogens is 4. The van der Waals surface area contributed by atoms with Crippen LogP contribution in [0.3, 0.4) is 0 Å². The van der Waals surface area contributed by atoms with E-state index in [1.165, 1.54) is 38.5 Å². The van der Waals surface area contributed by atoms with E-state index in [2.05, 4.69) is 260 Å². The molecule has 0 saturated carbocycles. The molecule has 5 nitrogen and oxygen atoms in total. The first kappa shape index (κ1) is 39.6. The molecule has 0 unspecified atom stereocenters. The number of para-hydroxylation sites is 5. The molecule has 0 bridgehead atoms. The fraction of sp³-hybridized carbons (Fsp3) is 0.100. The van der Waals surface area contributed by atoms with Gasteiger partial charge in [-0.1, -0.05) is 197 Å². The topological polar surface area (TPSA) is 29.9 Å². The Bertz CT molecular complexity index is 3600. The third-order valence-corrected chi connectivity index (χ3v) is 13.6. The Morgan fingerprint density at radius 3 is 1.74 bits per heavy atom. The largest absolute Gasteiger partial charge is 0.526 e. The first-order valence-corrected chi connectivity index (χ1v) is 22.9. The van der Waals surface area contributed by atoms with Crippen LogP contribution in [0.5, 0.6) is 0 Å². The monoisotopic (exact) mass is 849 g/mol. The smallest absolute Gasteiger partial charge is 0.354 e. The van der Waals surface area contributed by atoms with Gasteiger partial charge in [0.25, 0.3) is 0 Å². The third kappa shape index (κ3) is 6.23. The third-order valence-electron chi connectivity index (χ3n) is 13.6. The number of imidazole rings is 1. The first-order valence-electron chi connectivity index (χ1n) is 22.9. The van der Waals surface area contributed by atoms with E-state index in [-0.39, 0.29) is 5.41 Å². The van der Waals surface area contributed by atoms with Crippen LogP contribution in [-0.4, -0.2) is 21.1 Å². The van der Waals surface area contributed by atoms with Crippen molar-refractivity contribution in [2.45, 2.75) is 40.0 Å². The lowest BCUT2D eigenvalue weighted by atomic mass is 9.58. The molecule has 3 aromatic heterocycles. The summed E-state index contributed by atoms with van der Waals surface area (Å²) in [7, 11) is 0. The predicted molar refractivity (Wildman–Crippen MR) is 275 cm³/mol. The Balaban J connectivity index is 1.28. The van der Waals surface area contributed by atoms with Crippen molar-refractivity contribution in [3.63, 3.8) is 0 Å². The van der Waals surface area contributed by atoms with E-state index in [9.17, 15) is 0 Å². The summed E-state index contributed by atoms with van der Waals surface area (Å²) in [5.74, 6) is 1.73. The molecule has 6 heteroatoms. The van der Waals surface area contributed by atoms with Gasteiger partial charge in [0, 0.05) is 21.9 Å². The predicted octanol–water partition coefficient (Wildman–Crippen LogP) is 13.5. The Kier molecular flexibility index (Phi) is 9.21. The van der Waals surface area contributed by atoms with Crippen LogP contribution >= 0.6 is 0 Å². The molecule has 11 aromatic rings. The van der Waals surface area contributed by atoms with Crippen molar-refractivity contribution in [3.05, 3.63) is 223 Å². The van der Waals surface area contributed by atoms with E-state index in [0.29, 0.717) is 0 Å². The number of pyridine rings is 1. The number of anilines is 2. The lowest BCUT2D eigenvalue weighted by Gasteiger charge is -2.36. The van der Waals surface area contributed by atoms with Crippen LogP contribution in [0.2, 0.25) is 0 Å². The van der Waals surface area contributed by atoms with Gasteiger partial charge in [0.05, 0.1) is 27.8 Å². The van der Waals surface area contributed by atoms with Gasteiger partial charge in [-0.3, -0.25) is 4.57 Å². The van der Waals surface area contributed by atoms with Crippen LogP contribution in [0.25, 0.3) is 77.7 Å². The van der Waals surface area contributed by atoms with Crippen LogP contribution < -0.4 is 14.8 Å². The van der Waals surface area contributed by atoms with Gasteiger partial charge < -0.3 is 13.9 Å². The van der Waals surface area contributed by atoms with Crippen molar-refractivity contribution in [3.8, 4) is 44.9 Å². The quantitative estimate of drug-likeness (QED) is 0.123. The second kappa shape index (κ2) is 15.3. The van der Waals surface area contributed by atoms with E-state index in [4.69, 9.17) is 4.98 Å². The fourth-order valence-corrected chi connectivity index (χ4v) is 10.5. The SMILES string of the molecule is Cc1cccc(C)c1N(B1c2c(-c3ccccc3)cccc2-c2ccccc2-c2cccc3c2[n+]1[c-]n3-c1ccccc1)c1cc(C(C)(C)C)cc(-n2c3ccccc3c3ccccc32)n1. The Morgan fingerprint density at radius 2 is 1.06 bits per heavy atom. The van der Waals surface area contributed by atoms with Gasteiger partial charge >= 0.3 is 6.98 Å². The Hall–Kier alpha value is -7.96. The molecule has 12 rings (SSSR count). The highest BCUT2D eigenvalue weighted by Gasteiger charge is 2.44. The molecule has 66 heavy (non-hydrogen) atoms. The summed E-state index contributed by atoms with van der Waals surface area (Å²) < 4.78 is 7.04. The van der Waals surface area contributed by atoms with Gasteiger partial charge in [0.2, 0.25) is 6.33 Å². The molecule has 1 aliphatic heterocycles.